The van der Waals surface area contributed by atoms with Gasteiger partial charge in [-0.3, -0.25) is 10.1 Å². The zero-order valence-electron chi connectivity index (χ0n) is 12.3. The molecule has 2 rings (SSSR count). The van der Waals surface area contributed by atoms with Crippen LogP contribution in [-0.4, -0.2) is 18.0 Å². The van der Waals surface area contributed by atoms with Gasteiger partial charge in [-0.2, -0.15) is 10.5 Å². The molecular weight excluding hydrogens is 314 g/mol. The van der Waals surface area contributed by atoms with Crippen molar-refractivity contribution in [1.82, 2.24) is 0 Å². The fourth-order valence-electron chi connectivity index (χ4n) is 1.91. The van der Waals surface area contributed by atoms with Crippen LogP contribution in [0.15, 0.2) is 36.4 Å². The Labute approximate surface area is 136 Å². The van der Waals surface area contributed by atoms with Crippen molar-refractivity contribution in [2.45, 2.75) is 0 Å². The maximum absolute atomic E-state index is 11.7. The van der Waals surface area contributed by atoms with Crippen LogP contribution in [0, 0.1) is 32.8 Å². The van der Waals surface area contributed by atoms with Crippen molar-refractivity contribution in [3.63, 3.8) is 0 Å². The summed E-state index contributed by atoms with van der Waals surface area (Å²) in [4.78, 5) is 21.9. The monoisotopic (exact) mass is 323 g/mol. The molecule has 0 N–H and O–H groups in total. The van der Waals surface area contributed by atoms with Crippen molar-refractivity contribution in [3.05, 3.63) is 63.2 Å². The standard InChI is InChI=1S/C16H9N3O5/c1-23-16(20)13-7-12(3-4-14(13)19(21)22)24-15-5-2-10(8-17)6-11(15)9-18/h2-7H,1H3. The zero-order chi connectivity index (χ0) is 17.7. The predicted octanol–water partition coefficient (Wildman–Crippen LogP) is 2.92. The van der Waals surface area contributed by atoms with Crippen LogP contribution in [0.2, 0.25) is 0 Å². The van der Waals surface area contributed by atoms with Gasteiger partial charge in [0.2, 0.25) is 0 Å². The molecular formula is C16H9N3O5. The number of methoxy groups -OCH3 is 1. The number of rotatable bonds is 4. The predicted molar refractivity (Wildman–Crippen MR) is 80.4 cm³/mol. The molecule has 24 heavy (non-hydrogen) atoms. The molecule has 0 fully saturated rings. The largest absolute Gasteiger partial charge is 0.465 e. The smallest absolute Gasteiger partial charge is 0.345 e. The third kappa shape index (κ3) is 3.29. The molecule has 0 unspecified atom stereocenters. The van der Waals surface area contributed by atoms with E-state index in [1.165, 1.54) is 24.3 Å². The molecule has 0 heterocycles. The van der Waals surface area contributed by atoms with E-state index < -0.39 is 16.6 Å². The lowest BCUT2D eigenvalue weighted by Gasteiger charge is -2.09. The average molecular weight is 323 g/mol. The molecule has 0 amide bonds. The third-order valence-corrected chi connectivity index (χ3v) is 3.03. The highest BCUT2D eigenvalue weighted by atomic mass is 16.6. The van der Waals surface area contributed by atoms with E-state index in [9.17, 15) is 14.9 Å². The Morgan fingerprint density at radius 1 is 1.17 bits per heavy atom. The highest BCUT2D eigenvalue weighted by molar-refractivity contribution is 5.94. The van der Waals surface area contributed by atoms with E-state index in [4.69, 9.17) is 15.3 Å². The lowest BCUT2D eigenvalue weighted by molar-refractivity contribution is -0.385. The summed E-state index contributed by atoms with van der Waals surface area (Å²) >= 11 is 0. The number of nitro benzene ring substituents is 1. The Bertz CT molecular complexity index is 909. The Hall–Kier alpha value is -3.91. The van der Waals surface area contributed by atoms with Gasteiger partial charge in [0.15, 0.2) is 0 Å². The topological polar surface area (TPSA) is 126 Å². The second-order valence-electron chi connectivity index (χ2n) is 4.46. The van der Waals surface area contributed by atoms with Crippen molar-refractivity contribution < 1.29 is 19.2 Å². The minimum Gasteiger partial charge on any atom is -0.465 e. The number of nitrogens with zero attached hydrogens (tertiary/aromatic N) is 3. The second kappa shape index (κ2) is 6.90. The first-order valence-electron chi connectivity index (χ1n) is 6.49. The van der Waals surface area contributed by atoms with Crippen LogP contribution in [0.1, 0.15) is 21.5 Å². The fraction of sp³-hybridized carbons (Fsp3) is 0.0625. The maximum Gasteiger partial charge on any atom is 0.345 e. The number of benzene rings is 2. The maximum atomic E-state index is 11.7. The van der Waals surface area contributed by atoms with Gasteiger partial charge in [0.25, 0.3) is 5.69 Å². The van der Waals surface area contributed by atoms with E-state index in [1.807, 2.05) is 12.1 Å². The van der Waals surface area contributed by atoms with Gasteiger partial charge in [-0.1, -0.05) is 0 Å². The summed E-state index contributed by atoms with van der Waals surface area (Å²) in [6.07, 6.45) is 0. The first-order chi connectivity index (χ1) is 11.5. The minimum atomic E-state index is -0.882. The van der Waals surface area contributed by atoms with E-state index in [0.29, 0.717) is 0 Å². The van der Waals surface area contributed by atoms with E-state index in [-0.39, 0.29) is 28.2 Å². The van der Waals surface area contributed by atoms with E-state index >= 15 is 0 Å². The van der Waals surface area contributed by atoms with Crippen LogP contribution >= 0.6 is 0 Å². The number of esters is 1. The Morgan fingerprint density at radius 3 is 2.50 bits per heavy atom. The number of nitro groups is 1. The molecule has 0 aromatic heterocycles. The fourth-order valence-corrected chi connectivity index (χ4v) is 1.91. The van der Waals surface area contributed by atoms with Gasteiger partial charge in [0.05, 0.1) is 29.2 Å². The first kappa shape index (κ1) is 16.5. The number of carbonyl (C=O) groups is 1. The zero-order valence-corrected chi connectivity index (χ0v) is 12.3. The minimum absolute atomic E-state index is 0.113. The molecule has 8 nitrogen and oxygen atoms in total. The Morgan fingerprint density at radius 2 is 1.92 bits per heavy atom. The van der Waals surface area contributed by atoms with Crippen molar-refractivity contribution in [2.24, 2.45) is 0 Å². The highest BCUT2D eigenvalue weighted by Gasteiger charge is 2.22. The Kier molecular flexibility index (Phi) is 4.73. The normalized spacial score (nSPS) is 9.46. The number of hydrogen-bond acceptors (Lipinski definition) is 7. The molecule has 2 aromatic rings. The molecule has 0 spiro atoms. The van der Waals surface area contributed by atoms with Gasteiger partial charge in [-0.15, -0.1) is 0 Å². The molecule has 2 aromatic carbocycles. The van der Waals surface area contributed by atoms with Gasteiger partial charge in [-0.05, 0) is 24.3 Å². The number of nitriles is 2. The highest BCUT2D eigenvalue weighted by Crippen LogP contribution is 2.30. The van der Waals surface area contributed by atoms with Crippen LogP contribution < -0.4 is 4.74 Å². The van der Waals surface area contributed by atoms with E-state index in [0.717, 1.165) is 19.2 Å². The lowest BCUT2D eigenvalue weighted by atomic mass is 10.1. The summed E-state index contributed by atoms with van der Waals surface area (Å²) in [6.45, 7) is 0. The summed E-state index contributed by atoms with van der Waals surface area (Å²) in [6, 6.07) is 11.6. The number of carbonyl (C=O) groups excluding carboxylic acids is 1. The third-order valence-electron chi connectivity index (χ3n) is 3.03. The van der Waals surface area contributed by atoms with Gasteiger partial charge in [-0.25, -0.2) is 4.79 Å². The number of ether oxygens (including phenoxy) is 2. The summed E-state index contributed by atoms with van der Waals surface area (Å²) in [5.41, 5.74) is -0.286. The second-order valence-corrected chi connectivity index (χ2v) is 4.46. The summed E-state index contributed by atoms with van der Waals surface area (Å²) < 4.78 is 10.0. The first-order valence-corrected chi connectivity index (χ1v) is 6.49. The van der Waals surface area contributed by atoms with Crippen LogP contribution in [0.25, 0.3) is 0 Å². The van der Waals surface area contributed by atoms with Gasteiger partial charge < -0.3 is 9.47 Å². The van der Waals surface area contributed by atoms with E-state index in [2.05, 4.69) is 4.74 Å². The summed E-state index contributed by atoms with van der Waals surface area (Å²) in [5.74, 6) is -0.615. The van der Waals surface area contributed by atoms with Crippen LogP contribution in [0.4, 0.5) is 5.69 Å². The van der Waals surface area contributed by atoms with Gasteiger partial charge in [0.1, 0.15) is 23.1 Å². The van der Waals surface area contributed by atoms with Gasteiger partial charge in [0, 0.05) is 12.1 Å². The molecule has 0 bridgehead atoms. The van der Waals surface area contributed by atoms with Crippen molar-refractivity contribution in [2.75, 3.05) is 7.11 Å². The molecule has 0 saturated carbocycles. The molecule has 0 aliphatic rings. The van der Waals surface area contributed by atoms with Gasteiger partial charge >= 0.3 is 5.97 Å². The SMILES string of the molecule is COC(=O)c1cc(Oc2ccc(C#N)cc2C#N)ccc1[N+](=O)[O-]. The summed E-state index contributed by atoms with van der Waals surface area (Å²) in [5, 5.41) is 28.9. The molecule has 118 valence electrons. The van der Waals surface area contributed by atoms with Crippen molar-refractivity contribution in [3.8, 4) is 23.6 Å². The molecule has 8 heteroatoms. The Balaban J connectivity index is 2.45. The quantitative estimate of drug-likeness (QED) is 0.481. The molecule has 0 atom stereocenters. The van der Waals surface area contributed by atoms with Crippen LogP contribution in [0.5, 0.6) is 11.5 Å². The lowest BCUT2D eigenvalue weighted by Crippen LogP contribution is -2.06. The molecule has 0 radical (unpaired) electrons. The van der Waals surface area contributed by atoms with Crippen molar-refractivity contribution in [1.29, 1.82) is 10.5 Å². The molecule has 0 aliphatic carbocycles. The molecule has 0 aliphatic heterocycles. The van der Waals surface area contributed by atoms with Crippen LogP contribution in [-0.2, 0) is 4.74 Å². The number of hydrogen-bond donors (Lipinski definition) is 0. The molecule has 0 saturated heterocycles. The van der Waals surface area contributed by atoms with Crippen molar-refractivity contribution >= 4 is 11.7 Å². The summed E-state index contributed by atoms with van der Waals surface area (Å²) in [7, 11) is 1.11. The van der Waals surface area contributed by atoms with E-state index in [1.54, 1.807) is 0 Å². The average Bonchev–Trinajstić information content (AvgIpc) is 2.61. The van der Waals surface area contributed by atoms with Crippen LogP contribution in [0.3, 0.4) is 0 Å².